The maximum atomic E-state index is 12.6. The van der Waals surface area contributed by atoms with Crippen LogP contribution in [0.25, 0.3) is 16.6 Å². The fraction of sp³-hybridized carbons (Fsp3) is 0.167. The Morgan fingerprint density at radius 1 is 0.914 bits per heavy atom. The molecule has 1 spiro atoms. The predicted molar refractivity (Wildman–Crippen MR) is 124 cm³/mol. The zero-order valence-electron chi connectivity index (χ0n) is 18.3. The van der Waals surface area contributed by atoms with Crippen LogP contribution >= 0.6 is 0 Å². The number of hydrogen-bond donors (Lipinski definition) is 2. The number of imide groups is 2. The van der Waals surface area contributed by atoms with Crippen LogP contribution in [0.2, 0.25) is 0 Å². The number of carbonyl (C=O) groups excluding carboxylic acids is 3. The molecule has 2 N–H and O–H groups in total. The summed E-state index contributed by atoms with van der Waals surface area (Å²) in [6, 6.07) is 12.0. The van der Waals surface area contributed by atoms with E-state index in [0.29, 0.717) is 36.7 Å². The van der Waals surface area contributed by atoms with E-state index in [1.165, 1.54) is 0 Å². The number of amides is 4. The van der Waals surface area contributed by atoms with Gasteiger partial charge in [-0.1, -0.05) is 0 Å². The van der Waals surface area contributed by atoms with Crippen LogP contribution in [-0.4, -0.2) is 49.7 Å². The maximum Gasteiger partial charge on any atom is 0.328 e. The predicted octanol–water partition coefficient (Wildman–Crippen LogP) is 2.31. The molecule has 0 aliphatic carbocycles. The van der Waals surface area contributed by atoms with Crippen LogP contribution < -0.4 is 20.3 Å². The van der Waals surface area contributed by atoms with Crippen molar-refractivity contribution in [3.63, 3.8) is 0 Å². The van der Waals surface area contributed by atoms with Crippen molar-refractivity contribution in [2.24, 2.45) is 0 Å². The van der Waals surface area contributed by atoms with E-state index in [1.54, 1.807) is 41.8 Å². The Labute approximate surface area is 198 Å². The highest BCUT2D eigenvalue weighted by atomic mass is 16.5. The van der Waals surface area contributed by atoms with E-state index in [4.69, 9.17) is 4.74 Å². The first-order valence-corrected chi connectivity index (χ1v) is 11.0. The maximum absolute atomic E-state index is 12.6. The summed E-state index contributed by atoms with van der Waals surface area (Å²) in [5.41, 5.74) is 0.959. The first-order chi connectivity index (χ1) is 17.0. The summed E-state index contributed by atoms with van der Waals surface area (Å²) in [4.78, 5) is 46.9. The average molecular weight is 469 g/mol. The van der Waals surface area contributed by atoms with Gasteiger partial charge in [-0.15, -0.1) is 0 Å². The smallest absolute Gasteiger partial charge is 0.328 e. The third-order valence-corrected chi connectivity index (χ3v) is 6.29. The number of carbonyl (C=O) groups is 3. The van der Waals surface area contributed by atoms with Gasteiger partial charge in [0.2, 0.25) is 5.88 Å². The topological polar surface area (TPSA) is 131 Å². The molecule has 0 unspecified atom stereocenters. The lowest BCUT2D eigenvalue weighted by atomic mass is 9.92. The molecule has 11 nitrogen and oxygen atoms in total. The van der Waals surface area contributed by atoms with Crippen LogP contribution in [-0.2, 0) is 9.59 Å². The number of benzene rings is 1. The second kappa shape index (κ2) is 7.90. The van der Waals surface area contributed by atoms with Crippen molar-refractivity contribution in [1.29, 1.82) is 0 Å². The highest BCUT2D eigenvalue weighted by molar-refractivity contribution is 6.24. The van der Waals surface area contributed by atoms with Gasteiger partial charge < -0.3 is 9.64 Å². The lowest BCUT2D eigenvalue weighted by molar-refractivity contribution is -0.137. The molecule has 0 radical (unpaired) electrons. The number of ether oxygens (including phenoxy) is 1. The van der Waals surface area contributed by atoms with Gasteiger partial charge >= 0.3 is 6.03 Å². The van der Waals surface area contributed by atoms with E-state index in [-0.39, 0.29) is 0 Å². The molecule has 6 rings (SSSR count). The number of anilines is 1. The molecule has 4 aromatic rings. The number of hydrogen-bond acceptors (Lipinski definition) is 8. The molecule has 2 aliphatic heterocycles. The zero-order chi connectivity index (χ0) is 24.0. The van der Waals surface area contributed by atoms with Gasteiger partial charge in [-0.3, -0.25) is 25.2 Å². The number of aromatic nitrogens is 4. The summed E-state index contributed by atoms with van der Waals surface area (Å²) < 4.78 is 7.76. The van der Waals surface area contributed by atoms with Crippen LogP contribution in [0.3, 0.4) is 0 Å². The van der Waals surface area contributed by atoms with Gasteiger partial charge in [0.25, 0.3) is 11.8 Å². The Morgan fingerprint density at radius 3 is 2.46 bits per heavy atom. The number of rotatable bonds is 4. The van der Waals surface area contributed by atoms with E-state index in [2.05, 4.69) is 25.7 Å². The molecular formula is C24H19N7O4. The summed E-state index contributed by atoms with van der Waals surface area (Å²) in [5.74, 6) is -0.292. The fourth-order valence-electron chi connectivity index (χ4n) is 4.67. The second-order valence-electron chi connectivity index (χ2n) is 8.29. The van der Waals surface area contributed by atoms with Gasteiger partial charge in [0.1, 0.15) is 5.75 Å². The molecule has 2 saturated heterocycles. The minimum absolute atomic E-state index is 0.309. The first-order valence-electron chi connectivity index (χ1n) is 11.0. The molecule has 1 aromatic carbocycles. The number of pyridine rings is 2. The lowest BCUT2D eigenvalue weighted by Gasteiger charge is -2.38. The molecular weight excluding hydrogens is 450 g/mol. The standard InChI is InChI=1S/C24H19N7O4/c32-21-24(22(33)29-23(34)28-21)8-1-11-30(24)17-2-5-20(26-14-17)35-18-3-4-19-15(12-18)13-27-31(19)16-6-9-25-10-7-16/h2-7,9-10,12-14H,1,8,11H2,(H2,28,29,32,33,34). The Hall–Kier alpha value is -4.80. The number of urea groups is 1. The Balaban J connectivity index is 1.23. The third kappa shape index (κ3) is 3.36. The molecule has 2 aliphatic rings. The number of fused-ring (bicyclic) bond motifs is 1. The lowest BCUT2D eigenvalue weighted by Crippen LogP contribution is -2.71. The minimum atomic E-state index is -1.46. The Bertz CT molecular complexity index is 1450. The molecule has 11 heteroatoms. The fourth-order valence-corrected chi connectivity index (χ4v) is 4.67. The minimum Gasteiger partial charge on any atom is -0.439 e. The van der Waals surface area contributed by atoms with Crippen molar-refractivity contribution in [1.82, 2.24) is 30.4 Å². The molecule has 35 heavy (non-hydrogen) atoms. The summed E-state index contributed by atoms with van der Waals surface area (Å²) in [5, 5.41) is 9.77. The van der Waals surface area contributed by atoms with Crippen molar-refractivity contribution in [2.45, 2.75) is 18.4 Å². The van der Waals surface area contributed by atoms with Crippen LogP contribution in [0, 0.1) is 0 Å². The van der Waals surface area contributed by atoms with Crippen molar-refractivity contribution in [3.8, 4) is 17.3 Å². The first kappa shape index (κ1) is 20.8. The van der Waals surface area contributed by atoms with E-state index >= 15 is 0 Å². The normalized spacial score (nSPS) is 17.0. The van der Waals surface area contributed by atoms with Gasteiger partial charge in [0.05, 0.1) is 29.3 Å². The van der Waals surface area contributed by atoms with Crippen LogP contribution in [0.5, 0.6) is 11.6 Å². The number of barbiturate groups is 1. The molecule has 3 aromatic heterocycles. The molecule has 0 saturated carbocycles. The van der Waals surface area contributed by atoms with Crippen molar-refractivity contribution in [3.05, 3.63) is 67.3 Å². The molecule has 174 valence electrons. The molecule has 0 bridgehead atoms. The van der Waals surface area contributed by atoms with Crippen molar-refractivity contribution in [2.75, 3.05) is 11.4 Å². The second-order valence-corrected chi connectivity index (χ2v) is 8.29. The van der Waals surface area contributed by atoms with Crippen LogP contribution in [0.15, 0.2) is 67.3 Å². The summed E-state index contributed by atoms with van der Waals surface area (Å²) >= 11 is 0. The summed E-state index contributed by atoms with van der Waals surface area (Å²) in [7, 11) is 0. The van der Waals surface area contributed by atoms with Crippen molar-refractivity contribution >= 4 is 34.4 Å². The highest BCUT2D eigenvalue weighted by Crippen LogP contribution is 2.36. The quantitative estimate of drug-likeness (QED) is 0.436. The van der Waals surface area contributed by atoms with E-state index in [9.17, 15) is 14.4 Å². The zero-order valence-corrected chi connectivity index (χ0v) is 18.3. The summed E-state index contributed by atoms with van der Waals surface area (Å²) in [6.45, 7) is 0.481. The third-order valence-electron chi connectivity index (χ3n) is 6.29. The summed E-state index contributed by atoms with van der Waals surface area (Å²) in [6.07, 6.45) is 7.68. The van der Waals surface area contributed by atoms with Crippen LogP contribution in [0.1, 0.15) is 12.8 Å². The van der Waals surface area contributed by atoms with Gasteiger partial charge in [-0.25, -0.2) is 14.5 Å². The highest BCUT2D eigenvalue weighted by Gasteiger charge is 2.57. The SMILES string of the molecule is O=C1NC(=O)C2(CCCN2c2ccc(Oc3ccc4c(cnn4-c4ccncc4)c3)nc2)C(=O)N1. The van der Waals surface area contributed by atoms with Gasteiger partial charge in [-0.05, 0) is 49.2 Å². The number of nitrogens with zero attached hydrogens (tertiary/aromatic N) is 5. The Kier molecular flexibility index (Phi) is 4.69. The van der Waals surface area contributed by atoms with E-state index < -0.39 is 23.4 Å². The van der Waals surface area contributed by atoms with Gasteiger partial charge in [-0.2, -0.15) is 5.10 Å². The van der Waals surface area contributed by atoms with E-state index in [0.717, 1.165) is 16.6 Å². The van der Waals surface area contributed by atoms with Crippen molar-refractivity contribution < 1.29 is 19.1 Å². The van der Waals surface area contributed by atoms with Gasteiger partial charge in [0.15, 0.2) is 5.54 Å². The van der Waals surface area contributed by atoms with Crippen LogP contribution in [0.4, 0.5) is 10.5 Å². The van der Waals surface area contributed by atoms with Gasteiger partial charge in [0, 0.05) is 30.4 Å². The Morgan fingerprint density at radius 2 is 1.71 bits per heavy atom. The number of nitrogens with one attached hydrogen (secondary N) is 2. The molecule has 2 fully saturated rings. The van der Waals surface area contributed by atoms with E-state index in [1.807, 2.05) is 35.0 Å². The molecule has 4 amide bonds. The largest absolute Gasteiger partial charge is 0.439 e. The molecule has 0 atom stereocenters. The molecule has 5 heterocycles. The monoisotopic (exact) mass is 469 g/mol. The average Bonchev–Trinajstić information content (AvgIpc) is 3.49.